The van der Waals surface area contributed by atoms with Crippen LogP contribution in [0.2, 0.25) is 9.36 Å². The van der Waals surface area contributed by atoms with E-state index in [1.807, 2.05) is 25.2 Å². The molecular weight excluding hydrogens is 491 g/mol. The smallest absolute Gasteiger partial charge is 0.271 e. The average Bonchev–Trinajstić information content (AvgIpc) is 3.36. The fourth-order valence-corrected chi connectivity index (χ4v) is 6.48. The van der Waals surface area contributed by atoms with Crippen molar-refractivity contribution in [2.45, 2.75) is 16.7 Å². The summed E-state index contributed by atoms with van der Waals surface area (Å²) in [5.41, 5.74) is 1.76. The van der Waals surface area contributed by atoms with E-state index in [2.05, 4.69) is 9.62 Å². The van der Waals surface area contributed by atoms with Gasteiger partial charge in [0.25, 0.3) is 10.0 Å². The van der Waals surface area contributed by atoms with E-state index in [1.165, 1.54) is 0 Å². The first-order valence-electron chi connectivity index (χ1n) is 9.86. The van der Waals surface area contributed by atoms with E-state index in [0.29, 0.717) is 32.1 Å². The number of sulfonamides is 1. The topological polar surface area (TPSA) is 67.9 Å². The Morgan fingerprint density at radius 3 is 2.69 bits per heavy atom. The van der Waals surface area contributed by atoms with Crippen LogP contribution in [0.3, 0.4) is 0 Å². The molecule has 1 N–H and O–H groups in total. The minimum atomic E-state index is -3.86. The van der Waals surface area contributed by atoms with Crippen molar-refractivity contribution in [1.82, 2.24) is 4.90 Å². The molecule has 0 aliphatic carbocycles. The van der Waals surface area contributed by atoms with Crippen molar-refractivity contribution in [2.75, 3.05) is 32.0 Å². The van der Waals surface area contributed by atoms with Crippen LogP contribution in [0.15, 0.2) is 52.7 Å². The van der Waals surface area contributed by atoms with Gasteiger partial charge in [-0.3, -0.25) is 4.72 Å². The molecule has 1 aliphatic heterocycles. The fourth-order valence-electron chi connectivity index (χ4n) is 3.50. The summed E-state index contributed by atoms with van der Waals surface area (Å²) in [6, 6.07) is 13.7. The van der Waals surface area contributed by atoms with E-state index in [9.17, 15) is 8.42 Å². The molecule has 0 spiro atoms. The largest absolute Gasteiger partial charge is 0.497 e. The monoisotopic (exact) mass is 512 g/mol. The number of thiophene rings is 1. The number of rotatable bonds is 7. The van der Waals surface area contributed by atoms with Crippen LogP contribution in [0.4, 0.5) is 5.69 Å². The molecule has 1 atom stereocenters. The van der Waals surface area contributed by atoms with Crippen LogP contribution in [0.5, 0.6) is 11.5 Å². The maximum absolute atomic E-state index is 13.0. The van der Waals surface area contributed by atoms with Crippen LogP contribution in [-0.4, -0.2) is 46.7 Å². The van der Waals surface area contributed by atoms with E-state index in [1.54, 1.807) is 37.4 Å². The zero-order valence-electron chi connectivity index (χ0n) is 17.5. The number of hydrogen-bond acceptors (Lipinski definition) is 6. The van der Waals surface area contributed by atoms with Crippen LogP contribution < -0.4 is 14.2 Å². The van der Waals surface area contributed by atoms with Gasteiger partial charge in [0.05, 0.1) is 17.8 Å². The zero-order valence-corrected chi connectivity index (χ0v) is 20.6. The minimum absolute atomic E-state index is 0.0193. The van der Waals surface area contributed by atoms with Crippen molar-refractivity contribution >= 4 is 50.2 Å². The van der Waals surface area contributed by atoms with Crippen LogP contribution >= 0.6 is 34.5 Å². The number of likely N-dealkylation sites (N-methyl/N-ethyl adjacent to an activating group) is 1. The average molecular weight is 513 g/mol. The van der Waals surface area contributed by atoms with E-state index in [-0.39, 0.29) is 10.3 Å². The Hall–Kier alpha value is -1.97. The van der Waals surface area contributed by atoms with Crippen molar-refractivity contribution < 1.29 is 17.9 Å². The van der Waals surface area contributed by atoms with E-state index in [4.69, 9.17) is 32.7 Å². The molecule has 0 radical (unpaired) electrons. The summed E-state index contributed by atoms with van der Waals surface area (Å²) >= 11 is 13.6. The molecule has 0 amide bonds. The second kappa shape index (κ2) is 9.49. The summed E-state index contributed by atoms with van der Waals surface area (Å²) in [6.45, 7) is 1.75. The van der Waals surface area contributed by atoms with Gasteiger partial charge < -0.3 is 14.4 Å². The lowest BCUT2D eigenvalue weighted by Crippen LogP contribution is -2.21. The Balaban J connectivity index is 1.56. The highest BCUT2D eigenvalue weighted by molar-refractivity contribution is 7.94. The van der Waals surface area contributed by atoms with Crippen LogP contribution in [0.1, 0.15) is 6.42 Å². The number of hydrogen-bond donors (Lipinski definition) is 1. The van der Waals surface area contributed by atoms with Gasteiger partial charge in [0.2, 0.25) is 0 Å². The van der Waals surface area contributed by atoms with Gasteiger partial charge in [-0.15, -0.1) is 11.3 Å². The zero-order chi connectivity index (χ0) is 22.9. The molecule has 4 rings (SSSR count). The number of likely N-dealkylation sites (tertiary alicyclic amines) is 1. The normalized spacial score (nSPS) is 16.8. The second-order valence-corrected chi connectivity index (χ2v) is 11.5. The summed E-state index contributed by atoms with van der Waals surface area (Å²) in [6.07, 6.45) is 0.912. The number of ether oxygens (including phenoxy) is 2. The van der Waals surface area contributed by atoms with Gasteiger partial charge >= 0.3 is 0 Å². The third-order valence-electron chi connectivity index (χ3n) is 5.13. The van der Waals surface area contributed by atoms with E-state index in [0.717, 1.165) is 36.4 Å². The second-order valence-electron chi connectivity index (χ2n) is 7.53. The molecule has 0 bridgehead atoms. The number of benzene rings is 2. The fraction of sp³-hybridized carbons (Fsp3) is 0.273. The summed E-state index contributed by atoms with van der Waals surface area (Å²) < 4.78 is 40.4. The lowest BCUT2D eigenvalue weighted by molar-refractivity contribution is 0.208. The lowest BCUT2D eigenvalue weighted by Gasteiger charge is -2.16. The molecule has 6 nitrogen and oxygen atoms in total. The Labute approximate surface area is 201 Å². The molecule has 2 heterocycles. The summed E-state index contributed by atoms with van der Waals surface area (Å²) in [5, 5.41) is 0.432. The first-order chi connectivity index (χ1) is 15.2. The first-order valence-corrected chi connectivity index (χ1v) is 12.9. The standard InChI is InChI=1S/C22H22Cl2N2O4S2/c1-26-9-8-17(13-26)30-20-11-15(6-7-19(20)23)25-32(27,28)21-12-18(22(24)31-21)14-4-3-5-16(10-14)29-2/h3-7,10-12,17,25H,8-9,13H2,1-2H3/t17-/m1/s1. The van der Waals surface area contributed by atoms with Gasteiger partial charge in [-0.1, -0.05) is 35.3 Å². The molecule has 0 unspecified atom stereocenters. The summed E-state index contributed by atoms with van der Waals surface area (Å²) in [4.78, 5) is 2.17. The predicted molar refractivity (Wildman–Crippen MR) is 130 cm³/mol. The molecule has 10 heteroatoms. The molecule has 170 valence electrons. The molecule has 1 saturated heterocycles. The van der Waals surface area contributed by atoms with Gasteiger partial charge in [0, 0.05) is 24.7 Å². The molecule has 32 heavy (non-hydrogen) atoms. The summed E-state index contributed by atoms with van der Waals surface area (Å²) in [7, 11) is -0.257. The number of nitrogens with zero attached hydrogens (tertiary/aromatic N) is 1. The third-order valence-corrected chi connectivity index (χ3v) is 8.66. The van der Waals surface area contributed by atoms with Gasteiger partial charge in [-0.25, -0.2) is 8.42 Å². The Morgan fingerprint density at radius 1 is 1.16 bits per heavy atom. The number of nitrogens with one attached hydrogen (secondary N) is 1. The molecular formula is C22H22Cl2N2O4S2. The third kappa shape index (κ3) is 5.15. The number of anilines is 1. The highest BCUT2D eigenvalue weighted by atomic mass is 35.5. The van der Waals surface area contributed by atoms with Crippen molar-refractivity contribution in [3.05, 3.63) is 57.9 Å². The highest BCUT2D eigenvalue weighted by Gasteiger charge is 2.24. The van der Waals surface area contributed by atoms with Gasteiger partial charge in [0.15, 0.2) is 0 Å². The molecule has 3 aromatic rings. The van der Waals surface area contributed by atoms with Crippen molar-refractivity contribution in [1.29, 1.82) is 0 Å². The quantitative estimate of drug-likeness (QED) is 0.445. The van der Waals surface area contributed by atoms with Gasteiger partial charge in [0.1, 0.15) is 26.1 Å². The van der Waals surface area contributed by atoms with Gasteiger partial charge in [-0.05, 0) is 49.4 Å². The van der Waals surface area contributed by atoms with Gasteiger partial charge in [-0.2, -0.15) is 0 Å². The van der Waals surface area contributed by atoms with Crippen molar-refractivity contribution in [3.8, 4) is 22.6 Å². The molecule has 1 aromatic heterocycles. The van der Waals surface area contributed by atoms with E-state index >= 15 is 0 Å². The van der Waals surface area contributed by atoms with Crippen LogP contribution in [0.25, 0.3) is 11.1 Å². The molecule has 2 aromatic carbocycles. The Morgan fingerprint density at radius 2 is 1.97 bits per heavy atom. The lowest BCUT2D eigenvalue weighted by atomic mass is 10.1. The predicted octanol–water partition coefficient (Wildman–Crippen LogP) is 5.61. The van der Waals surface area contributed by atoms with E-state index < -0.39 is 10.0 Å². The van der Waals surface area contributed by atoms with Crippen molar-refractivity contribution in [2.24, 2.45) is 0 Å². The van der Waals surface area contributed by atoms with Crippen LogP contribution in [-0.2, 0) is 10.0 Å². The Bertz CT molecular complexity index is 1230. The van der Waals surface area contributed by atoms with Crippen LogP contribution in [0, 0.1) is 0 Å². The number of halogens is 2. The van der Waals surface area contributed by atoms with Crippen molar-refractivity contribution in [3.63, 3.8) is 0 Å². The molecule has 1 fully saturated rings. The molecule has 0 saturated carbocycles. The molecule has 1 aliphatic rings. The number of methoxy groups -OCH3 is 1. The maximum atomic E-state index is 13.0. The maximum Gasteiger partial charge on any atom is 0.271 e. The first kappa shape index (κ1) is 23.2. The Kier molecular flexibility index (Phi) is 6.88. The summed E-state index contributed by atoms with van der Waals surface area (Å²) in [5.74, 6) is 1.11. The minimum Gasteiger partial charge on any atom is -0.497 e. The highest BCUT2D eigenvalue weighted by Crippen LogP contribution is 2.39. The SMILES string of the molecule is COc1cccc(-c2cc(S(=O)(=O)Nc3ccc(Cl)c(O[C@@H]4CCN(C)C4)c3)sc2Cl)c1.